The monoisotopic (exact) mass is 393 g/mol. The maximum absolute atomic E-state index is 6.05. The largest absolute Gasteiger partial charge is 0.495 e. The third-order valence-corrected chi connectivity index (χ3v) is 3.43. The van der Waals surface area contributed by atoms with Gasteiger partial charge in [-0.05, 0) is 34.7 Å². The van der Waals surface area contributed by atoms with Crippen molar-refractivity contribution in [3.63, 3.8) is 0 Å². The van der Waals surface area contributed by atoms with Crippen molar-refractivity contribution in [1.29, 1.82) is 0 Å². The summed E-state index contributed by atoms with van der Waals surface area (Å²) >= 11 is 8.18. The summed E-state index contributed by atoms with van der Waals surface area (Å²) in [6.07, 6.45) is 0. The molecule has 4 nitrogen and oxygen atoms in total. The summed E-state index contributed by atoms with van der Waals surface area (Å²) in [6, 6.07) is 7.36. The number of halogens is 2. The minimum absolute atomic E-state index is 0.512. The van der Waals surface area contributed by atoms with Crippen molar-refractivity contribution in [3.05, 3.63) is 38.8 Å². The number of hydrogen-bond donors (Lipinski definition) is 1. The number of anilines is 1. The minimum atomic E-state index is 0.512. The lowest BCUT2D eigenvalue weighted by atomic mass is 10.2. The summed E-state index contributed by atoms with van der Waals surface area (Å²) in [6.45, 7) is 0.560. The molecule has 0 aliphatic carbocycles. The molecule has 1 N–H and O–H groups in total. The smallest absolute Gasteiger partial charge is 0.164 e. The Morgan fingerprint density at radius 3 is 2.53 bits per heavy atom. The van der Waals surface area contributed by atoms with Crippen molar-refractivity contribution < 1.29 is 13.9 Å². The highest BCUT2D eigenvalue weighted by Crippen LogP contribution is 2.36. The third kappa shape index (κ3) is 3.48. The van der Waals surface area contributed by atoms with Gasteiger partial charge in [0.25, 0.3) is 0 Å². The van der Waals surface area contributed by atoms with E-state index < -0.39 is 0 Å². The molecule has 2 aromatic rings. The lowest BCUT2D eigenvalue weighted by Gasteiger charge is -2.13. The summed E-state index contributed by atoms with van der Waals surface area (Å²) < 4.78 is 16.8. The predicted molar refractivity (Wildman–Crippen MR) is 83.3 cm³/mol. The maximum Gasteiger partial charge on any atom is 0.164 e. The summed E-state index contributed by atoms with van der Waals surface area (Å²) in [5, 5.41) is 3.75. The third-order valence-electron chi connectivity index (χ3n) is 2.56. The molecule has 19 heavy (non-hydrogen) atoms. The predicted octanol–water partition coefficient (Wildman–Crippen LogP) is 4.17. The Bertz CT molecular complexity index is 571. The first kappa shape index (κ1) is 14.3. The topological polar surface area (TPSA) is 43.6 Å². The molecule has 2 rings (SSSR count). The minimum Gasteiger partial charge on any atom is -0.495 e. The molecule has 0 amide bonds. The zero-order chi connectivity index (χ0) is 13.8. The molecule has 0 fully saturated rings. The highest BCUT2D eigenvalue weighted by Gasteiger charge is 2.10. The van der Waals surface area contributed by atoms with Gasteiger partial charge in [0.2, 0.25) is 0 Å². The van der Waals surface area contributed by atoms with E-state index >= 15 is 0 Å². The molecular weight excluding hydrogens is 381 g/mol. The van der Waals surface area contributed by atoms with Gasteiger partial charge in [-0.15, -0.1) is 0 Å². The van der Waals surface area contributed by atoms with Gasteiger partial charge in [-0.1, -0.05) is 11.6 Å². The van der Waals surface area contributed by atoms with Crippen LogP contribution in [-0.2, 0) is 6.54 Å². The maximum atomic E-state index is 6.05. The zero-order valence-corrected chi connectivity index (χ0v) is 13.4. The van der Waals surface area contributed by atoms with E-state index in [1.165, 1.54) is 0 Å². The summed E-state index contributed by atoms with van der Waals surface area (Å²) in [7, 11) is 3.17. The summed E-state index contributed by atoms with van der Waals surface area (Å²) in [5.41, 5.74) is 0.801. The molecule has 1 heterocycles. The van der Waals surface area contributed by atoms with Crippen LogP contribution in [0.15, 0.2) is 28.7 Å². The van der Waals surface area contributed by atoms with Crippen LogP contribution in [0.2, 0.25) is 5.02 Å². The first-order valence-corrected chi connectivity index (χ1v) is 6.99. The molecule has 0 radical (unpaired) electrons. The summed E-state index contributed by atoms with van der Waals surface area (Å²) in [4.78, 5) is 0. The van der Waals surface area contributed by atoms with Crippen molar-refractivity contribution in [2.24, 2.45) is 0 Å². The van der Waals surface area contributed by atoms with E-state index in [9.17, 15) is 0 Å². The number of methoxy groups -OCH3 is 2. The molecule has 102 valence electrons. The molecule has 6 heteroatoms. The van der Waals surface area contributed by atoms with Gasteiger partial charge in [0, 0.05) is 12.1 Å². The van der Waals surface area contributed by atoms with Crippen LogP contribution in [0.5, 0.6) is 11.5 Å². The van der Waals surface area contributed by atoms with Crippen LogP contribution in [-0.4, -0.2) is 14.2 Å². The van der Waals surface area contributed by atoms with Crippen LogP contribution in [0.25, 0.3) is 0 Å². The van der Waals surface area contributed by atoms with Crippen molar-refractivity contribution in [1.82, 2.24) is 0 Å². The van der Waals surface area contributed by atoms with E-state index in [1.807, 2.05) is 12.1 Å². The molecule has 0 aliphatic heterocycles. The number of benzene rings is 1. The number of furan rings is 1. The van der Waals surface area contributed by atoms with E-state index in [4.69, 9.17) is 25.5 Å². The molecular formula is C13H13ClINO3. The van der Waals surface area contributed by atoms with Crippen LogP contribution in [0.1, 0.15) is 5.76 Å². The van der Waals surface area contributed by atoms with Crippen molar-refractivity contribution >= 4 is 39.9 Å². The summed E-state index contributed by atoms with van der Waals surface area (Å²) in [5.74, 6) is 2.10. The van der Waals surface area contributed by atoms with Gasteiger partial charge in [-0.2, -0.15) is 0 Å². The van der Waals surface area contributed by atoms with E-state index in [2.05, 4.69) is 27.9 Å². The van der Waals surface area contributed by atoms with Gasteiger partial charge >= 0.3 is 0 Å². The molecule has 0 aliphatic rings. The lowest BCUT2D eigenvalue weighted by molar-refractivity contribution is 0.404. The second-order valence-electron chi connectivity index (χ2n) is 3.75. The van der Waals surface area contributed by atoms with Gasteiger partial charge in [0.05, 0.1) is 31.5 Å². The van der Waals surface area contributed by atoms with E-state index in [-0.39, 0.29) is 0 Å². The lowest BCUT2D eigenvalue weighted by Crippen LogP contribution is -2.01. The van der Waals surface area contributed by atoms with Gasteiger partial charge in [0.15, 0.2) is 3.77 Å². The highest BCUT2D eigenvalue weighted by molar-refractivity contribution is 14.1. The van der Waals surface area contributed by atoms with Gasteiger partial charge in [-0.25, -0.2) is 0 Å². The quantitative estimate of drug-likeness (QED) is 0.775. The van der Waals surface area contributed by atoms with Crippen LogP contribution in [0.4, 0.5) is 5.69 Å². The molecule has 1 aromatic heterocycles. The molecule has 1 aromatic carbocycles. The Labute approximate surface area is 130 Å². The van der Waals surface area contributed by atoms with Gasteiger partial charge in [-0.3, -0.25) is 0 Å². The Morgan fingerprint density at radius 1 is 1.21 bits per heavy atom. The molecule has 0 bridgehead atoms. The number of hydrogen-bond acceptors (Lipinski definition) is 4. The van der Waals surface area contributed by atoms with E-state index in [0.29, 0.717) is 23.1 Å². The number of ether oxygens (including phenoxy) is 2. The van der Waals surface area contributed by atoms with Gasteiger partial charge < -0.3 is 19.2 Å². The molecule has 0 saturated carbocycles. The average molecular weight is 394 g/mol. The van der Waals surface area contributed by atoms with Crippen LogP contribution in [0.3, 0.4) is 0 Å². The van der Waals surface area contributed by atoms with Crippen molar-refractivity contribution in [2.75, 3.05) is 19.5 Å². The SMILES string of the molecule is COc1cc(NCc2ccc(I)o2)c(OC)cc1Cl. The number of nitrogens with one attached hydrogen (secondary N) is 1. The zero-order valence-electron chi connectivity index (χ0n) is 10.5. The normalized spacial score (nSPS) is 10.3. The second-order valence-corrected chi connectivity index (χ2v) is 5.22. The molecule has 0 spiro atoms. The molecule has 0 unspecified atom stereocenters. The average Bonchev–Trinajstić information content (AvgIpc) is 2.82. The molecule has 0 saturated heterocycles. The van der Waals surface area contributed by atoms with E-state index in [0.717, 1.165) is 15.2 Å². The van der Waals surface area contributed by atoms with Crippen LogP contribution in [0, 0.1) is 3.77 Å². The second kappa shape index (κ2) is 6.38. The first-order valence-electron chi connectivity index (χ1n) is 5.53. The van der Waals surface area contributed by atoms with Crippen molar-refractivity contribution in [3.8, 4) is 11.5 Å². The first-order chi connectivity index (χ1) is 9.13. The highest BCUT2D eigenvalue weighted by atomic mass is 127. The fraction of sp³-hybridized carbons (Fsp3) is 0.231. The Morgan fingerprint density at radius 2 is 1.95 bits per heavy atom. The van der Waals surface area contributed by atoms with Gasteiger partial charge in [0.1, 0.15) is 17.3 Å². The fourth-order valence-electron chi connectivity index (χ4n) is 1.63. The van der Waals surface area contributed by atoms with Crippen LogP contribution < -0.4 is 14.8 Å². The Balaban J connectivity index is 2.18. The molecule has 0 atom stereocenters. The van der Waals surface area contributed by atoms with Crippen LogP contribution >= 0.6 is 34.2 Å². The number of rotatable bonds is 5. The fourth-order valence-corrected chi connectivity index (χ4v) is 2.32. The Hall–Kier alpha value is -1.08. The van der Waals surface area contributed by atoms with E-state index in [1.54, 1.807) is 26.4 Å². The Kier molecular flexibility index (Phi) is 4.81. The van der Waals surface area contributed by atoms with Crippen molar-refractivity contribution in [2.45, 2.75) is 6.54 Å². The standard InChI is InChI=1S/C13H13ClINO3/c1-17-11-6-10(12(18-2)5-9(11)14)16-7-8-3-4-13(15)19-8/h3-6,16H,7H2,1-2H3.